The minimum atomic E-state index is -0.252. The highest BCUT2D eigenvalue weighted by Gasteiger charge is 2.17. The van der Waals surface area contributed by atoms with E-state index >= 15 is 0 Å². The molecule has 0 heterocycles. The summed E-state index contributed by atoms with van der Waals surface area (Å²) in [4.78, 5) is 0. The molecule has 0 radical (unpaired) electrons. The first-order valence-electron chi connectivity index (χ1n) is 6.83. The second-order valence-corrected chi connectivity index (χ2v) is 5.34. The Hall–Kier alpha value is -2.35. The molecule has 3 aromatic rings. The number of nitrogens with two attached hydrogens (primary N) is 1. The van der Waals surface area contributed by atoms with Gasteiger partial charge in [-0.25, -0.2) is 4.39 Å². The Labute approximate surface area is 116 Å². The highest BCUT2D eigenvalue weighted by molar-refractivity contribution is 6.03. The molecule has 2 N–H and O–H groups in total. The Balaban J connectivity index is 2.09. The van der Waals surface area contributed by atoms with E-state index in [1.54, 1.807) is 6.07 Å². The van der Waals surface area contributed by atoms with Crippen molar-refractivity contribution < 1.29 is 4.39 Å². The Bertz CT molecular complexity index is 826. The van der Waals surface area contributed by atoms with Crippen LogP contribution in [0.15, 0.2) is 48.5 Å². The van der Waals surface area contributed by atoms with Crippen LogP contribution >= 0.6 is 0 Å². The first-order valence-corrected chi connectivity index (χ1v) is 6.83. The maximum absolute atomic E-state index is 13.5. The van der Waals surface area contributed by atoms with Gasteiger partial charge in [0, 0.05) is 11.3 Å². The molecule has 2 heteroatoms. The lowest BCUT2D eigenvalue weighted by Crippen LogP contribution is -1.92. The van der Waals surface area contributed by atoms with Crippen molar-refractivity contribution in [1.82, 2.24) is 0 Å². The van der Waals surface area contributed by atoms with Gasteiger partial charge in [0.1, 0.15) is 5.82 Å². The zero-order valence-corrected chi connectivity index (χ0v) is 11.0. The normalized spacial score (nSPS) is 13.1. The van der Waals surface area contributed by atoms with Crippen molar-refractivity contribution in [3.63, 3.8) is 0 Å². The molecule has 0 spiro atoms. The summed E-state index contributed by atoms with van der Waals surface area (Å²) >= 11 is 0. The van der Waals surface area contributed by atoms with E-state index in [2.05, 4.69) is 30.3 Å². The smallest absolute Gasteiger partial charge is 0.123 e. The predicted molar refractivity (Wildman–Crippen MR) is 81.2 cm³/mol. The van der Waals surface area contributed by atoms with Crippen LogP contribution in [-0.4, -0.2) is 0 Å². The van der Waals surface area contributed by atoms with Gasteiger partial charge in [-0.05, 0) is 58.5 Å². The molecule has 1 nitrogen and oxygen atoms in total. The Kier molecular flexibility index (Phi) is 2.34. The standard InChI is InChI=1S/C18H14FN/c19-13-7-9-17(20)16(10-13)14-8-6-12-5-4-11-2-1-3-15(14)18(11)12/h1-3,6-10H,4-5,20H2. The maximum Gasteiger partial charge on any atom is 0.123 e. The lowest BCUT2D eigenvalue weighted by molar-refractivity contribution is 0.628. The summed E-state index contributed by atoms with van der Waals surface area (Å²) in [5.74, 6) is -0.252. The summed E-state index contributed by atoms with van der Waals surface area (Å²) in [6.07, 6.45) is 2.18. The van der Waals surface area contributed by atoms with Crippen LogP contribution in [0.25, 0.3) is 21.9 Å². The molecule has 0 amide bonds. The summed E-state index contributed by atoms with van der Waals surface area (Å²) in [7, 11) is 0. The van der Waals surface area contributed by atoms with Gasteiger partial charge in [-0.3, -0.25) is 0 Å². The number of nitrogen functional groups attached to an aromatic ring is 1. The zero-order chi connectivity index (χ0) is 13.7. The van der Waals surface area contributed by atoms with Gasteiger partial charge in [0.2, 0.25) is 0 Å². The van der Waals surface area contributed by atoms with Gasteiger partial charge in [0.25, 0.3) is 0 Å². The average molecular weight is 263 g/mol. The SMILES string of the molecule is Nc1ccc(F)cc1-c1ccc2c3c(cccc13)CC2. The van der Waals surface area contributed by atoms with Gasteiger partial charge >= 0.3 is 0 Å². The highest BCUT2D eigenvalue weighted by atomic mass is 19.1. The quantitative estimate of drug-likeness (QED) is 0.650. The van der Waals surface area contributed by atoms with Crippen LogP contribution in [0.2, 0.25) is 0 Å². The average Bonchev–Trinajstić information content (AvgIpc) is 2.88. The third-order valence-electron chi connectivity index (χ3n) is 4.18. The van der Waals surface area contributed by atoms with E-state index in [-0.39, 0.29) is 5.82 Å². The molecule has 0 fully saturated rings. The Morgan fingerprint density at radius 2 is 1.65 bits per heavy atom. The summed E-state index contributed by atoms with van der Waals surface area (Å²) in [5, 5.41) is 2.50. The summed E-state index contributed by atoms with van der Waals surface area (Å²) in [5.41, 5.74) is 11.2. The predicted octanol–water partition coefficient (Wildman–Crippen LogP) is 4.33. The molecule has 20 heavy (non-hydrogen) atoms. The van der Waals surface area contributed by atoms with Gasteiger partial charge in [-0.15, -0.1) is 0 Å². The lowest BCUT2D eigenvalue weighted by atomic mass is 9.94. The Morgan fingerprint density at radius 1 is 0.850 bits per heavy atom. The fourth-order valence-electron chi connectivity index (χ4n) is 3.24. The Morgan fingerprint density at radius 3 is 2.50 bits per heavy atom. The third-order valence-corrected chi connectivity index (χ3v) is 4.18. The lowest BCUT2D eigenvalue weighted by Gasteiger charge is -2.11. The van der Waals surface area contributed by atoms with E-state index < -0.39 is 0 Å². The van der Waals surface area contributed by atoms with Crippen LogP contribution < -0.4 is 5.73 Å². The van der Waals surface area contributed by atoms with E-state index in [4.69, 9.17) is 5.73 Å². The second-order valence-electron chi connectivity index (χ2n) is 5.34. The molecule has 4 rings (SSSR count). The number of rotatable bonds is 1. The topological polar surface area (TPSA) is 26.0 Å². The van der Waals surface area contributed by atoms with E-state index in [9.17, 15) is 4.39 Å². The number of benzene rings is 3. The molecular formula is C18H14FN. The van der Waals surface area contributed by atoms with Crippen LogP contribution in [0.3, 0.4) is 0 Å². The number of aryl methyl sites for hydroxylation is 2. The molecule has 3 aromatic carbocycles. The fourth-order valence-corrected chi connectivity index (χ4v) is 3.24. The minimum Gasteiger partial charge on any atom is -0.398 e. The van der Waals surface area contributed by atoms with Crippen LogP contribution in [0.5, 0.6) is 0 Å². The maximum atomic E-state index is 13.5. The van der Waals surface area contributed by atoms with Crippen molar-refractivity contribution in [2.75, 3.05) is 5.73 Å². The first kappa shape index (κ1) is 11.5. The molecule has 1 aliphatic carbocycles. The molecule has 0 aromatic heterocycles. The van der Waals surface area contributed by atoms with Crippen molar-refractivity contribution in [3.8, 4) is 11.1 Å². The van der Waals surface area contributed by atoms with Crippen molar-refractivity contribution in [1.29, 1.82) is 0 Å². The van der Waals surface area contributed by atoms with E-state index in [0.29, 0.717) is 5.69 Å². The molecule has 0 bridgehead atoms. The molecule has 0 unspecified atom stereocenters. The molecule has 0 saturated carbocycles. The monoisotopic (exact) mass is 263 g/mol. The van der Waals surface area contributed by atoms with Crippen LogP contribution in [0.4, 0.5) is 10.1 Å². The number of anilines is 1. The second kappa shape index (κ2) is 4.07. The van der Waals surface area contributed by atoms with Gasteiger partial charge in [0.15, 0.2) is 0 Å². The largest absolute Gasteiger partial charge is 0.398 e. The van der Waals surface area contributed by atoms with Gasteiger partial charge in [0.05, 0.1) is 0 Å². The number of halogens is 1. The van der Waals surface area contributed by atoms with Crippen LogP contribution in [0.1, 0.15) is 11.1 Å². The highest BCUT2D eigenvalue weighted by Crippen LogP contribution is 2.38. The molecule has 0 aliphatic heterocycles. The van der Waals surface area contributed by atoms with E-state index in [1.165, 1.54) is 34.0 Å². The van der Waals surface area contributed by atoms with Crippen molar-refractivity contribution in [3.05, 3.63) is 65.5 Å². The summed E-state index contributed by atoms with van der Waals surface area (Å²) < 4.78 is 13.5. The van der Waals surface area contributed by atoms with Crippen molar-refractivity contribution in [2.24, 2.45) is 0 Å². The van der Waals surface area contributed by atoms with Crippen LogP contribution in [-0.2, 0) is 12.8 Å². The first-order chi connectivity index (χ1) is 9.74. The zero-order valence-electron chi connectivity index (χ0n) is 11.0. The fraction of sp³-hybridized carbons (Fsp3) is 0.111. The van der Waals surface area contributed by atoms with Gasteiger partial charge in [-0.1, -0.05) is 30.3 Å². The van der Waals surface area contributed by atoms with Crippen LogP contribution in [0, 0.1) is 5.82 Å². The van der Waals surface area contributed by atoms with E-state index in [1.807, 2.05) is 0 Å². The minimum absolute atomic E-state index is 0.252. The summed E-state index contributed by atoms with van der Waals surface area (Å²) in [6, 6.07) is 15.1. The van der Waals surface area contributed by atoms with Crippen molar-refractivity contribution in [2.45, 2.75) is 12.8 Å². The molecule has 1 aliphatic rings. The van der Waals surface area contributed by atoms with Crippen molar-refractivity contribution >= 4 is 16.5 Å². The summed E-state index contributed by atoms with van der Waals surface area (Å²) in [6.45, 7) is 0. The molecular weight excluding hydrogens is 249 g/mol. The molecule has 98 valence electrons. The number of hydrogen-bond donors (Lipinski definition) is 1. The van der Waals surface area contributed by atoms with E-state index in [0.717, 1.165) is 24.0 Å². The molecule has 0 atom stereocenters. The van der Waals surface area contributed by atoms with Gasteiger partial charge in [-0.2, -0.15) is 0 Å². The van der Waals surface area contributed by atoms with Gasteiger partial charge < -0.3 is 5.73 Å². The third kappa shape index (κ3) is 1.54. The molecule has 0 saturated heterocycles. The number of hydrogen-bond acceptors (Lipinski definition) is 1.